The largest absolute Gasteiger partial charge is 0.347 e. The third-order valence-corrected chi connectivity index (χ3v) is 4.94. The molecule has 0 spiro atoms. The van der Waals surface area contributed by atoms with E-state index in [1.54, 1.807) is 0 Å². The number of nitrogens with zero attached hydrogens (tertiary/aromatic N) is 1. The summed E-state index contributed by atoms with van der Waals surface area (Å²) < 4.78 is 0. The second-order valence-corrected chi connectivity index (χ2v) is 6.45. The van der Waals surface area contributed by atoms with Crippen molar-refractivity contribution in [3.63, 3.8) is 0 Å². The molecule has 1 aromatic carbocycles. The van der Waals surface area contributed by atoms with Crippen molar-refractivity contribution in [3.8, 4) is 0 Å². The normalized spacial score (nSPS) is 19.3. The van der Waals surface area contributed by atoms with Crippen LogP contribution in [0.4, 0.5) is 0 Å². The molecule has 1 aromatic rings. The van der Waals surface area contributed by atoms with Crippen molar-refractivity contribution < 1.29 is 10.5 Å². The quantitative estimate of drug-likeness (QED) is 0.887. The molecule has 116 valence electrons. The fourth-order valence-corrected chi connectivity index (χ4v) is 3.07. The zero-order chi connectivity index (χ0) is 15.2. The lowest BCUT2D eigenvalue weighted by Crippen LogP contribution is -2.70. The summed E-state index contributed by atoms with van der Waals surface area (Å²) in [5.74, 6) is 1.34. The Bertz CT molecular complexity index is 438. The van der Waals surface area contributed by atoms with Crippen LogP contribution in [-0.4, -0.2) is 29.9 Å². The highest BCUT2D eigenvalue weighted by molar-refractivity contribution is 5.80. The number of carbonyl (C=O) groups is 1. The van der Waals surface area contributed by atoms with Crippen molar-refractivity contribution in [2.45, 2.75) is 45.6 Å². The van der Waals surface area contributed by atoms with Crippen LogP contribution in [0.1, 0.15) is 38.7 Å². The molecular weight excluding hydrogens is 260 g/mol. The van der Waals surface area contributed by atoms with Gasteiger partial charge in [-0.2, -0.15) is 0 Å². The van der Waals surface area contributed by atoms with E-state index in [0.717, 1.165) is 38.8 Å². The van der Waals surface area contributed by atoms with Gasteiger partial charge in [-0.15, -0.1) is 0 Å². The fraction of sp³-hybridized carbons (Fsp3) is 0.611. The van der Waals surface area contributed by atoms with Crippen LogP contribution in [0.25, 0.3) is 0 Å². The van der Waals surface area contributed by atoms with Gasteiger partial charge in [-0.25, -0.2) is 0 Å². The standard InChI is InChI=1S/C18H28N2O/c1-3-14(2)17(19)18(21)20-11-9-16(10-12-20)13-15-7-5-4-6-8-15/h4-8,14,16-17H,3,9-13,19H2,1-2H3/p+1/t14-,17-/m1/s1. The van der Waals surface area contributed by atoms with Gasteiger partial charge in [0.15, 0.2) is 6.04 Å². The number of amides is 1. The monoisotopic (exact) mass is 289 g/mol. The van der Waals surface area contributed by atoms with Gasteiger partial charge in [-0.1, -0.05) is 44.2 Å². The van der Waals surface area contributed by atoms with E-state index in [4.69, 9.17) is 0 Å². The lowest BCUT2D eigenvalue weighted by Gasteiger charge is -2.33. The molecule has 1 aliphatic heterocycles. The number of hydrogen-bond donors (Lipinski definition) is 1. The number of hydrogen-bond acceptors (Lipinski definition) is 1. The van der Waals surface area contributed by atoms with Crippen LogP contribution >= 0.6 is 0 Å². The zero-order valence-electron chi connectivity index (χ0n) is 13.4. The van der Waals surface area contributed by atoms with Gasteiger partial charge >= 0.3 is 0 Å². The van der Waals surface area contributed by atoms with Crippen LogP contribution in [0.2, 0.25) is 0 Å². The number of rotatable bonds is 5. The molecular formula is C18H29N2O+. The fourth-order valence-electron chi connectivity index (χ4n) is 3.07. The van der Waals surface area contributed by atoms with E-state index in [0.29, 0.717) is 11.8 Å². The van der Waals surface area contributed by atoms with Gasteiger partial charge in [0, 0.05) is 19.0 Å². The summed E-state index contributed by atoms with van der Waals surface area (Å²) in [6.07, 6.45) is 4.40. The highest BCUT2D eigenvalue weighted by Gasteiger charge is 2.30. The molecule has 21 heavy (non-hydrogen) atoms. The molecule has 0 saturated carbocycles. The Morgan fingerprint density at radius 2 is 1.90 bits per heavy atom. The van der Waals surface area contributed by atoms with Crippen LogP contribution in [-0.2, 0) is 11.2 Å². The van der Waals surface area contributed by atoms with E-state index in [2.05, 4.69) is 49.9 Å². The summed E-state index contributed by atoms with van der Waals surface area (Å²) in [7, 11) is 0. The minimum Gasteiger partial charge on any atom is -0.347 e. The van der Waals surface area contributed by atoms with Crippen LogP contribution in [0.3, 0.4) is 0 Å². The van der Waals surface area contributed by atoms with E-state index in [1.807, 2.05) is 4.90 Å². The van der Waals surface area contributed by atoms with Crippen molar-refractivity contribution in [2.24, 2.45) is 11.8 Å². The summed E-state index contributed by atoms with van der Waals surface area (Å²) in [6, 6.07) is 10.6. The van der Waals surface area contributed by atoms with Gasteiger partial charge < -0.3 is 10.6 Å². The Balaban J connectivity index is 1.81. The molecule has 0 bridgehead atoms. The predicted octanol–water partition coefficient (Wildman–Crippen LogP) is 2.12. The topological polar surface area (TPSA) is 48.0 Å². The van der Waals surface area contributed by atoms with E-state index in [1.165, 1.54) is 5.56 Å². The highest BCUT2D eigenvalue weighted by Crippen LogP contribution is 2.22. The molecule has 0 unspecified atom stereocenters. The number of piperidine rings is 1. The molecule has 0 aliphatic carbocycles. The Morgan fingerprint density at radius 1 is 1.29 bits per heavy atom. The minimum atomic E-state index is -0.0827. The smallest absolute Gasteiger partial charge is 0.281 e. The molecule has 0 aromatic heterocycles. The Hall–Kier alpha value is -1.35. The lowest BCUT2D eigenvalue weighted by molar-refractivity contribution is -0.417. The maximum Gasteiger partial charge on any atom is 0.281 e. The van der Waals surface area contributed by atoms with E-state index in [9.17, 15) is 4.79 Å². The van der Waals surface area contributed by atoms with Crippen molar-refractivity contribution >= 4 is 5.91 Å². The highest BCUT2D eigenvalue weighted by atomic mass is 16.2. The van der Waals surface area contributed by atoms with Gasteiger partial charge in [0.2, 0.25) is 0 Å². The molecule has 3 heteroatoms. The number of benzene rings is 1. The summed E-state index contributed by atoms with van der Waals surface area (Å²) in [5.41, 5.74) is 5.49. The first-order valence-corrected chi connectivity index (χ1v) is 8.27. The minimum absolute atomic E-state index is 0.0827. The van der Waals surface area contributed by atoms with Gasteiger partial charge in [-0.3, -0.25) is 4.79 Å². The first-order chi connectivity index (χ1) is 10.1. The second-order valence-electron chi connectivity index (χ2n) is 6.45. The molecule has 2 rings (SSSR count). The van der Waals surface area contributed by atoms with Gasteiger partial charge in [0.1, 0.15) is 0 Å². The van der Waals surface area contributed by atoms with E-state index < -0.39 is 0 Å². The third-order valence-electron chi connectivity index (χ3n) is 4.94. The van der Waals surface area contributed by atoms with Crippen molar-refractivity contribution in [2.75, 3.05) is 13.1 Å². The molecule has 3 N–H and O–H groups in total. The van der Waals surface area contributed by atoms with Crippen molar-refractivity contribution in [1.29, 1.82) is 0 Å². The molecule has 1 fully saturated rings. The SMILES string of the molecule is CC[C@@H](C)[C@@H]([NH3+])C(=O)N1CCC(Cc2ccccc2)CC1. The number of carbonyl (C=O) groups excluding carboxylic acids is 1. The molecule has 0 radical (unpaired) electrons. The number of likely N-dealkylation sites (tertiary alicyclic amines) is 1. The molecule has 1 heterocycles. The molecule has 1 amide bonds. The van der Waals surface area contributed by atoms with Crippen LogP contribution < -0.4 is 5.73 Å². The molecule has 1 saturated heterocycles. The zero-order valence-corrected chi connectivity index (χ0v) is 13.4. The van der Waals surface area contributed by atoms with Gasteiger partial charge in [-0.05, 0) is 37.2 Å². The Labute approximate surface area is 128 Å². The van der Waals surface area contributed by atoms with Gasteiger partial charge in [0.25, 0.3) is 5.91 Å². The van der Waals surface area contributed by atoms with Crippen molar-refractivity contribution in [3.05, 3.63) is 35.9 Å². The predicted molar refractivity (Wildman–Crippen MR) is 85.6 cm³/mol. The second kappa shape index (κ2) is 7.60. The molecule has 3 nitrogen and oxygen atoms in total. The van der Waals surface area contributed by atoms with Crippen LogP contribution in [0, 0.1) is 11.8 Å². The first kappa shape index (κ1) is 16.0. The Kier molecular flexibility index (Phi) is 5.80. The third kappa shape index (κ3) is 4.31. The molecule has 2 atom stereocenters. The van der Waals surface area contributed by atoms with E-state index in [-0.39, 0.29) is 11.9 Å². The average molecular weight is 289 g/mol. The summed E-state index contributed by atoms with van der Waals surface area (Å²) in [6.45, 7) is 6.05. The maximum absolute atomic E-state index is 12.4. The molecule has 1 aliphatic rings. The Morgan fingerprint density at radius 3 is 2.48 bits per heavy atom. The maximum atomic E-state index is 12.4. The van der Waals surface area contributed by atoms with E-state index >= 15 is 0 Å². The van der Waals surface area contributed by atoms with Crippen LogP contribution in [0.5, 0.6) is 0 Å². The average Bonchev–Trinajstić information content (AvgIpc) is 2.54. The summed E-state index contributed by atoms with van der Waals surface area (Å²) in [4.78, 5) is 14.5. The summed E-state index contributed by atoms with van der Waals surface area (Å²) in [5, 5.41) is 0. The first-order valence-electron chi connectivity index (χ1n) is 8.27. The lowest BCUT2D eigenvalue weighted by atomic mass is 9.89. The number of quaternary nitrogens is 1. The van der Waals surface area contributed by atoms with Crippen molar-refractivity contribution in [1.82, 2.24) is 4.90 Å². The summed E-state index contributed by atoms with van der Waals surface area (Å²) >= 11 is 0. The van der Waals surface area contributed by atoms with Gasteiger partial charge in [0.05, 0.1) is 0 Å². The van der Waals surface area contributed by atoms with Crippen LogP contribution in [0.15, 0.2) is 30.3 Å².